The summed E-state index contributed by atoms with van der Waals surface area (Å²) in [6.45, 7) is -2.82. The van der Waals surface area contributed by atoms with Gasteiger partial charge in [-0.15, -0.1) is 0 Å². The fourth-order valence-electron chi connectivity index (χ4n) is 2.96. The van der Waals surface area contributed by atoms with E-state index in [0.717, 1.165) is 0 Å². The molecule has 28 heteroatoms. The molecule has 2 aliphatic heterocycles. The number of carbonyl (C=O) groups excluding carboxylic acids is 2. The van der Waals surface area contributed by atoms with E-state index in [2.05, 4.69) is 13.1 Å². The van der Waals surface area contributed by atoms with E-state index in [9.17, 15) is 79.1 Å². The molecule has 2 saturated heterocycles. The van der Waals surface area contributed by atoms with Crippen molar-refractivity contribution in [2.75, 3.05) is 26.4 Å². The average molecular weight is 713 g/mol. The van der Waals surface area contributed by atoms with Crippen molar-refractivity contribution in [2.45, 2.75) is 61.0 Å². The minimum Gasteiger partial charge on any atom is -0.735 e. The van der Waals surface area contributed by atoms with Crippen LogP contribution >= 0.6 is 0 Å². The fraction of sp³-hybridized carbons (Fsp3) is 0.875. The van der Waals surface area contributed by atoms with Gasteiger partial charge >= 0.3 is 0 Å². The van der Waals surface area contributed by atoms with E-state index in [1.807, 2.05) is 0 Å². The predicted octanol–water partition coefficient (Wildman–Crippen LogP) is -11.8. The van der Waals surface area contributed by atoms with Gasteiger partial charge < -0.3 is 78.7 Å². The molecule has 0 aromatic heterocycles. The second kappa shape index (κ2) is 17.8. The fourth-order valence-corrected chi connectivity index (χ4v) is 4.31. The lowest BCUT2D eigenvalue weighted by Gasteiger charge is -2.38. The van der Waals surface area contributed by atoms with Crippen LogP contribution < -0.4 is 14.9 Å². The van der Waals surface area contributed by atoms with E-state index in [1.54, 1.807) is 0 Å². The Kier molecular flexibility index (Phi) is 17.0. The highest BCUT2D eigenvalue weighted by Crippen LogP contribution is 2.19. The molecular weight excluding hydrogens is 686 g/mol. The molecule has 2 heterocycles. The lowest BCUT2D eigenvalue weighted by molar-refractivity contribution is -0.327. The van der Waals surface area contributed by atoms with Crippen molar-refractivity contribution in [1.29, 1.82) is 0 Å². The highest BCUT2D eigenvalue weighted by molar-refractivity contribution is 7.83. The zero-order valence-electron chi connectivity index (χ0n) is 21.4. The third-order valence-corrected chi connectivity index (χ3v) is 6.55. The van der Waals surface area contributed by atoms with Crippen molar-refractivity contribution < 1.29 is 112 Å². The molecule has 10 atom stereocenters. The molecule has 262 valence electrons. The zero-order chi connectivity index (χ0) is 34.8. The topological polar surface area (TPSA) is 442 Å². The van der Waals surface area contributed by atoms with Crippen molar-refractivity contribution >= 4 is 43.0 Å². The van der Waals surface area contributed by atoms with E-state index in [1.165, 1.54) is 4.72 Å². The van der Waals surface area contributed by atoms with Crippen LogP contribution in [0.2, 0.25) is 0 Å². The minimum absolute atomic E-state index is 0.507. The number of hydrogen-bond donors (Lipinski definition) is 8. The number of rotatable bonds is 11. The summed E-state index contributed by atoms with van der Waals surface area (Å²) in [5, 5.41) is 82.3. The molecule has 44 heavy (non-hydrogen) atoms. The smallest absolute Gasteiger partial charge is 0.218 e. The molecule has 0 saturated carbocycles. The molecule has 0 aromatic carbocycles. The van der Waals surface area contributed by atoms with Gasteiger partial charge in [0.25, 0.3) is 0 Å². The monoisotopic (exact) mass is 712 g/mol. The predicted molar refractivity (Wildman–Crippen MR) is 119 cm³/mol. The highest BCUT2D eigenvalue weighted by atomic mass is 32.3. The van der Waals surface area contributed by atoms with E-state index >= 15 is 0 Å². The second-order valence-corrected chi connectivity index (χ2v) is 11.5. The summed E-state index contributed by atoms with van der Waals surface area (Å²) in [7, 11) is -14.9. The Morgan fingerprint density at radius 1 is 0.841 bits per heavy atom. The summed E-state index contributed by atoms with van der Waals surface area (Å²) in [6, 6.07) is -1.39. The molecule has 8 N–H and O–H groups in total. The number of nitrogens with one attached hydrogen (secondary N) is 1. The van der Waals surface area contributed by atoms with Gasteiger partial charge in [-0.3, -0.25) is 8.37 Å². The number of ether oxygens (including phenoxy) is 2. The molecule has 0 spiro atoms. The van der Waals surface area contributed by atoms with Crippen molar-refractivity contribution in [3.63, 3.8) is 0 Å². The normalized spacial score (nSPS) is 30.9. The lowest BCUT2D eigenvalue weighted by atomic mass is 9.99. The van der Waals surface area contributed by atoms with Gasteiger partial charge in [0.15, 0.2) is 10.3 Å². The largest absolute Gasteiger partial charge is 0.735 e. The molecule has 6 unspecified atom stereocenters. The Morgan fingerprint density at radius 2 is 1.39 bits per heavy atom. The Balaban J connectivity index is 0.000000671. The van der Waals surface area contributed by atoms with Crippen LogP contribution in [0.1, 0.15) is 0 Å². The Hall–Kier alpha value is -1.81. The minimum atomic E-state index is -5.08. The Bertz CT molecular complexity index is 1240. The first kappa shape index (κ1) is 42.2. The van der Waals surface area contributed by atoms with Gasteiger partial charge in [0.05, 0.1) is 44.4 Å². The van der Waals surface area contributed by atoms with Crippen molar-refractivity contribution in [3.8, 4) is 0 Å². The van der Waals surface area contributed by atoms with Gasteiger partial charge in [0, 0.05) is 0 Å². The number of carbonyl (C=O) groups is 2. The van der Waals surface area contributed by atoms with Crippen LogP contribution in [0, 0.1) is 0 Å². The second-order valence-electron chi connectivity index (χ2n) is 8.34. The third-order valence-electron chi connectivity index (χ3n) is 5.05. The highest BCUT2D eigenvalue weighted by Gasteiger charge is 2.41. The number of carboxylic acids is 2. The molecule has 0 radical (unpaired) electrons. The molecule has 0 aliphatic carbocycles. The maximum Gasteiger partial charge on any atom is 0.218 e. The number of aliphatic hydroxyl groups excluding tert-OH is 7. The summed E-state index contributed by atoms with van der Waals surface area (Å²) in [4.78, 5) is 20.0. The summed E-state index contributed by atoms with van der Waals surface area (Å²) in [6.07, 6.45) is -15.7. The number of carboxylic acid groups (broad SMARTS) is 2. The van der Waals surface area contributed by atoms with Crippen LogP contribution in [-0.2, 0) is 58.5 Å². The average Bonchev–Trinajstić information content (AvgIpc) is 2.86. The molecule has 2 fully saturated rings. The van der Waals surface area contributed by atoms with E-state index < -0.39 is 130 Å². The van der Waals surface area contributed by atoms with Crippen molar-refractivity contribution in [1.82, 2.24) is 4.72 Å². The summed E-state index contributed by atoms with van der Waals surface area (Å²) < 4.78 is 111. The maximum absolute atomic E-state index is 10.4. The van der Waals surface area contributed by atoms with E-state index in [0.29, 0.717) is 0 Å². The van der Waals surface area contributed by atoms with Gasteiger partial charge in [0.1, 0.15) is 54.9 Å². The molecule has 0 amide bonds. The first-order chi connectivity index (χ1) is 19.8. The maximum atomic E-state index is 10.4. The molecule has 2 rings (SSSR count). The van der Waals surface area contributed by atoms with Gasteiger partial charge in [-0.25, -0.2) is 30.0 Å². The Morgan fingerprint density at radius 3 is 1.77 bits per heavy atom. The molecule has 25 nitrogen and oxygen atoms in total. The molecule has 0 aromatic rings. The molecule has 2 aliphatic rings. The molecular formula is C16H26NO24S3-5. The number of hydrogen-bond acceptors (Lipinski definition) is 24. The lowest BCUT2D eigenvalue weighted by Crippen LogP contribution is -2.60. The van der Waals surface area contributed by atoms with Gasteiger partial charge in [-0.05, 0) is 0 Å². The summed E-state index contributed by atoms with van der Waals surface area (Å²) >= 11 is 0. The molecule has 0 bridgehead atoms. The standard InChI is InChI=1S/C6H13NO10S2.C6H10O9S.C4H8O5/c8-5-3(7-18(10,11)12)1-16-4(6(5)9)2-17-19(13,14)15;7-3-2(15-16(11,12)13)1-14-5(4(3)8)6(9)10;5-1-2(6)3(7)4(8)9/h3-9H,1-2H2,(H,10,11,12)(H,13,14,15);2-5,7-8H,1H2,(H,9,10)(H,11,12,13);2-3,5-7H,1H2,(H,8,9)/p-5/t3?,4?,5-,6+;2?,3-,4-,5?;/m00./s1. The van der Waals surface area contributed by atoms with Crippen LogP contribution in [0.4, 0.5) is 0 Å². The number of aliphatic hydroxyl groups is 7. The van der Waals surface area contributed by atoms with E-state index in [4.69, 9.17) is 20.1 Å². The van der Waals surface area contributed by atoms with Crippen molar-refractivity contribution in [2.24, 2.45) is 0 Å². The third kappa shape index (κ3) is 16.0. The zero-order valence-corrected chi connectivity index (χ0v) is 23.8. The summed E-state index contributed by atoms with van der Waals surface area (Å²) in [5.41, 5.74) is 0. The first-order valence-corrected chi connectivity index (χ1v) is 15.2. The van der Waals surface area contributed by atoms with Crippen molar-refractivity contribution in [3.05, 3.63) is 0 Å². The first-order valence-electron chi connectivity index (χ1n) is 11.1. The Labute approximate surface area is 247 Å². The van der Waals surface area contributed by atoms with Crippen LogP contribution in [0.5, 0.6) is 0 Å². The van der Waals surface area contributed by atoms with Gasteiger partial charge in [0.2, 0.25) is 20.8 Å². The van der Waals surface area contributed by atoms with Crippen LogP contribution in [-0.4, -0.2) is 174 Å². The van der Waals surface area contributed by atoms with Gasteiger partial charge in [-0.2, -0.15) is 0 Å². The van der Waals surface area contributed by atoms with Crippen LogP contribution in [0.25, 0.3) is 0 Å². The number of aliphatic carboxylic acids is 2. The van der Waals surface area contributed by atoms with E-state index in [-0.39, 0.29) is 0 Å². The SMILES string of the molecule is O=C([O-])C(O)C(O)CO.O=C([O-])C1OCC(OS(=O)(=O)[O-])[C@H](O)[C@@H]1O.O=S(=O)([O-])NC1COC(COS(=O)(=O)[O-])[C@@H](O)[C@H]1O. The quantitative estimate of drug-likeness (QED) is 0.0728. The van der Waals surface area contributed by atoms with Gasteiger partial charge in [-0.1, -0.05) is 0 Å². The van der Waals surface area contributed by atoms with Crippen LogP contribution in [0.3, 0.4) is 0 Å². The summed E-state index contributed by atoms with van der Waals surface area (Å²) in [5.74, 6) is -3.56. The van der Waals surface area contributed by atoms with Crippen LogP contribution in [0.15, 0.2) is 0 Å².